The van der Waals surface area contributed by atoms with Crippen LogP contribution in [-0.4, -0.2) is 92.8 Å². The number of aliphatic hydroxyl groups excluding tert-OH is 4. The van der Waals surface area contributed by atoms with Crippen molar-refractivity contribution in [1.82, 2.24) is 10.6 Å². The number of benzene rings is 2. The summed E-state index contributed by atoms with van der Waals surface area (Å²) in [5.41, 5.74) is 0.899. The molecule has 3 rings (SSSR count). The summed E-state index contributed by atoms with van der Waals surface area (Å²) >= 11 is 0. The van der Waals surface area contributed by atoms with Crippen molar-refractivity contribution >= 4 is 28.6 Å². The minimum Gasteiger partial charge on any atom is -0.477 e. The topological polar surface area (TPSA) is 195 Å². The maximum atomic E-state index is 12.4. The van der Waals surface area contributed by atoms with Crippen molar-refractivity contribution in [3.63, 3.8) is 0 Å². The monoisotopic (exact) mass is 520 g/mol. The Morgan fingerprint density at radius 2 is 1.86 bits per heavy atom. The molecule has 2 aromatic rings. The molecular formula is C25H32N2O10. The Morgan fingerprint density at radius 3 is 2.54 bits per heavy atom. The number of nitrogens with one attached hydrogen (secondary N) is 2. The third-order valence-electron chi connectivity index (χ3n) is 6.21. The van der Waals surface area contributed by atoms with E-state index in [2.05, 4.69) is 10.6 Å². The first-order valence-electron chi connectivity index (χ1n) is 11.8. The van der Waals surface area contributed by atoms with Crippen LogP contribution in [0.1, 0.15) is 25.3 Å². The molecule has 1 heterocycles. The number of hydrogen-bond donors (Lipinski definition) is 7. The second-order valence-electron chi connectivity index (χ2n) is 8.89. The Kier molecular flexibility index (Phi) is 9.54. The molecule has 0 aliphatic carbocycles. The van der Waals surface area contributed by atoms with Crippen molar-refractivity contribution in [2.45, 2.75) is 62.6 Å². The largest absolute Gasteiger partial charge is 0.477 e. The van der Waals surface area contributed by atoms with Crippen LogP contribution in [0.25, 0.3) is 10.8 Å². The van der Waals surface area contributed by atoms with Gasteiger partial charge in [0.25, 0.3) is 5.79 Å². The number of carboxylic acid groups (broad SMARTS) is 1. The normalized spacial score (nSPS) is 25.3. The maximum absolute atomic E-state index is 12.4. The summed E-state index contributed by atoms with van der Waals surface area (Å²) in [6, 6.07) is 12.1. The molecule has 7 N–H and O–H groups in total. The van der Waals surface area contributed by atoms with E-state index in [0.29, 0.717) is 0 Å². The minimum absolute atomic E-state index is 0.235. The van der Waals surface area contributed by atoms with E-state index in [-0.39, 0.29) is 13.0 Å². The number of carbonyl (C=O) groups excluding carboxylic acids is 2. The van der Waals surface area contributed by atoms with E-state index in [0.717, 1.165) is 23.3 Å². The molecule has 12 nitrogen and oxygen atoms in total. The molecule has 0 bridgehead atoms. The highest BCUT2D eigenvalue weighted by atomic mass is 16.7. The highest BCUT2D eigenvalue weighted by Crippen LogP contribution is 2.33. The van der Waals surface area contributed by atoms with Gasteiger partial charge in [0.05, 0.1) is 31.8 Å². The van der Waals surface area contributed by atoms with Gasteiger partial charge >= 0.3 is 5.97 Å². The number of rotatable bonds is 11. The Labute approximate surface area is 212 Å². The molecule has 1 saturated heterocycles. The lowest BCUT2D eigenvalue weighted by atomic mass is 9.88. The molecule has 0 unspecified atom stereocenters. The number of carboxylic acids is 1. The Morgan fingerprint density at radius 1 is 1.16 bits per heavy atom. The van der Waals surface area contributed by atoms with Crippen LogP contribution in [0, 0.1) is 0 Å². The second kappa shape index (κ2) is 12.4. The molecule has 0 aromatic heterocycles. The first-order chi connectivity index (χ1) is 17.6. The van der Waals surface area contributed by atoms with Crippen LogP contribution in [-0.2, 0) is 30.4 Å². The van der Waals surface area contributed by atoms with Crippen LogP contribution in [0.4, 0.5) is 0 Å². The molecule has 0 radical (unpaired) electrons. The van der Waals surface area contributed by atoms with Gasteiger partial charge in [-0.25, -0.2) is 4.79 Å². The quantitative estimate of drug-likeness (QED) is 0.193. The van der Waals surface area contributed by atoms with Gasteiger partial charge in [-0.05, 0) is 16.3 Å². The zero-order valence-electron chi connectivity index (χ0n) is 20.2. The van der Waals surface area contributed by atoms with Gasteiger partial charge in [0.1, 0.15) is 18.3 Å². The molecule has 1 aliphatic heterocycles. The number of carbonyl (C=O) groups is 3. The number of amides is 2. The molecule has 0 spiro atoms. The van der Waals surface area contributed by atoms with Gasteiger partial charge < -0.3 is 45.6 Å². The molecule has 1 fully saturated rings. The van der Waals surface area contributed by atoms with Crippen molar-refractivity contribution in [1.29, 1.82) is 0 Å². The summed E-state index contributed by atoms with van der Waals surface area (Å²) in [5.74, 6) is -5.15. The molecule has 6 atom stereocenters. The van der Waals surface area contributed by atoms with Crippen molar-refractivity contribution in [3.8, 4) is 0 Å². The molecule has 202 valence electrons. The Balaban J connectivity index is 1.65. The molecule has 12 heteroatoms. The van der Waals surface area contributed by atoms with E-state index in [1.807, 2.05) is 42.5 Å². The third kappa shape index (κ3) is 6.80. The lowest BCUT2D eigenvalue weighted by Gasteiger charge is -2.46. The minimum atomic E-state index is -2.48. The van der Waals surface area contributed by atoms with E-state index >= 15 is 0 Å². The molecule has 2 amide bonds. The van der Waals surface area contributed by atoms with E-state index in [1.165, 1.54) is 0 Å². The van der Waals surface area contributed by atoms with Gasteiger partial charge in [-0.2, -0.15) is 0 Å². The number of aliphatic hydroxyl groups is 4. The number of fused-ring (bicyclic) bond motifs is 1. The number of hydrogen-bond acceptors (Lipinski definition) is 9. The summed E-state index contributed by atoms with van der Waals surface area (Å²) < 4.78 is 10.9. The van der Waals surface area contributed by atoms with Gasteiger partial charge in [-0.15, -0.1) is 0 Å². The summed E-state index contributed by atoms with van der Waals surface area (Å²) in [7, 11) is 0. The van der Waals surface area contributed by atoms with Crippen LogP contribution < -0.4 is 10.6 Å². The highest BCUT2D eigenvalue weighted by Gasteiger charge is 2.55. The first-order valence-corrected chi connectivity index (χ1v) is 11.8. The average Bonchev–Trinajstić information content (AvgIpc) is 2.87. The second-order valence-corrected chi connectivity index (χ2v) is 8.89. The van der Waals surface area contributed by atoms with Gasteiger partial charge in [-0.3, -0.25) is 9.59 Å². The molecular weight excluding hydrogens is 488 g/mol. The summed E-state index contributed by atoms with van der Waals surface area (Å²) in [5, 5.41) is 57.1. The summed E-state index contributed by atoms with van der Waals surface area (Å²) in [6.45, 7) is 0.0918. The van der Waals surface area contributed by atoms with Gasteiger partial charge in [0, 0.05) is 19.9 Å². The van der Waals surface area contributed by atoms with E-state index < -0.39 is 73.7 Å². The fourth-order valence-electron chi connectivity index (χ4n) is 4.31. The summed E-state index contributed by atoms with van der Waals surface area (Å²) in [4.78, 5) is 36.1. The van der Waals surface area contributed by atoms with E-state index in [9.17, 15) is 39.9 Å². The molecule has 37 heavy (non-hydrogen) atoms. The lowest BCUT2D eigenvalue weighted by molar-refractivity contribution is -0.311. The SMILES string of the molecule is CC(=O)N[C@H]1[C@H]([C@H](O)[C@H](O)CO)O[C@@](OCCC(=O)NCc2cccc3ccccc23)(C(=O)O)C[C@@H]1O. The highest BCUT2D eigenvalue weighted by molar-refractivity contribution is 5.86. The molecule has 0 saturated carbocycles. The zero-order valence-corrected chi connectivity index (χ0v) is 20.2. The molecule has 1 aliphatic rings. The maximum Gasteiger partial charge on any atom is 0.364 e. The smallest absolute Gasteiger partial charge is 0.364 e. The van der Waals surface area contributed by atoms with Crippen molar-refractivity contribution in [3.05, 3.63) is 48.0 Å². The van der Waals surface area contributed by atoms with Crippen LogP contribution in [0.2, 0.25) is 0 Å². The van der Waals surface area contributed by atoms with E-state index in [1.54, 1.807) is 0 Å². The standard InChI is InChI=1S/C25H32N2O10/c1-14(29)27-21-18(30)11-25(24(34)35,37-23(21)22(33)19(31)13-28)36-10-9-20(32)26-12-16-7-4-6-15-5-2-3-8-17(15)16/h2-8,18-19,21-23,28,30-31,33H,9-13H2,1H3,(H,26,32)(H,27,29)(H,34,35)/t18-,19+,21+,22+,23+,25+/m0/s1. The van der Waals surface area contributed by atoms with E-state index in [4.69, 9.17) is 9.47 Å². The first kappa shape index (κ1) is 28.4. The van der Waals surface area contributed by atoms with Crippen LogP contribution in [0.5, 0.6) is 0 Å². The lowest BCUT2D eigenvalue weighted by Crippen LogP contribution is -2.68. The third-order valence-corrected chi connectivity index (χ3v) is 6.21. The van der Waals surface area contributed by atoms with Crippen molar-refractivity contribution in [2.24, 2.45) is 0 Å². The van der Waals surface area contributed by atoms with Crippen LogP contribution >= 0.6 is 0 Å². The summed E-state index contributed by atoms with van der Waals surface area (Å²) in [6.07, 6.45) is -7.70. The fraction of sp³-hybridized carbons (Fsp3) is 0.480. The van der Waals surface area contributed by atoms with Gasteiger partial charge in [0.2, 0.25) is 11.8 Å². The predicted molar refractivity (Wildman–Crippen MR) is 129 cm³/mol. The Hall–Kier alpha value is -3.13. The van der Waals surface area contributed by atoms with Crippen LogP contribution in [0.3, 0.4) is 0 Å². The fourth-order valence-corrected chi connectivity index (χ4v) is 4.31. The van der Waals surface area contributed by atoms with Gasteiger partial charge in [-0.1, -0.05) is 42.5 Å². The van der Waals surface area contributed by atoms with Crippen LogP contribution in [0.15, 0.2) is 42.5 Å². The predicted octanol–water partition coefficient (Wildman–Crippen LogP) is -0.988. The zero-order chi connectivity index (χ0) is 27.2. The van der Waals surface area contributed by atoms with Crippen molar-refractivity contribution in [2.75, 3.05) is 13.2 Å². The Bertz CT molecular complexity index is 1110. The van der Waals surface area contributed by atoms with Gasteiger partial charge in [0.15, 0.2) is 0 Å². The molecule has 2 aromatic carbocycles. The number of aliphatic carboxylic acids is 1. The van der Waals surface area contributed by atoms with Crippen molar-refractivity contribution < 1.29 is 49.4 Å². The average molecular weight is 521 g/mol. The number of ether oxygens (including phenoxy) is 2.